The zero-order chi connectivity index (χ0) is 19.2. The van der Waals surface area contributed by atoms with E-state index in [1.165, 1.54) is 24.3 Å². The summed E-state index contributed by atoms with van der Waals surface area (Å²) in [6.07, 6.45) is -4.78. The monoisotopic (exact) mass is 368 g/mol. The molecule has 2 aromatic rings. The molecule has 0 spiro atoms. The molecule has 0 fully saturated rings. The topological polar surface area (TPSA) is 58.2 Å². The molecule has 0 radical (unpaired) electrons. The van der Waals surface area contributed by atoms with Gasteiger partial charge in [-0.15, -0.1) is 0 Å². The van der Waals surface area contributed by atoms with E-state index >= 15 is 0 Å². The first-order valence-corrected chi connectivity index (χ1v) is 7.73. The Bertz CT molecular complexity index is 774. The Kier molecular flexibility index (Phi) is 6.32. The highest BCUT2D eigenvalue weighted by Crippen LogP contribution is 2.34. The zero-order valence-corrected chi connectivity index (χ0v) is 13.6. The quantitative estimate of drug-likeness (QED) is 0.605. The van der Waals surface area contributed by atoms with Crippen LogP contribution in [0.4, 0.5) is 23.2 Å². The van der Waals surface area contributed by atoms with Crippen molar-refractivity contribution in [3.63, 3.8) is 0 Å². The van der Waals surface area contributed by atoms with E-state index in [4.69, 9.17) is 0 Å². The highest BCUT2D eigenvalue weighted by atomic mass is 19.4. The Hall–Kier alpha value is -2.90. The van der Waals surface area contributed by atoms with Crippen molar-refractivity contribution >= 4 is 17.5 Å². The molecule has 2 N–H and O–H groups in total. The van der Waals surface area contributed by atoms with Crippen LogP contribution in [0.1, 0.15) is 17.5 Å². The van der Waals surface area contributed by atoms with Crippen LogP contribution in [0.5, 0.6) is 0 Å². The smallest absolute Gasteiger partial charge is 0.355 e. The van der Waals surface area contributed by atoms with Crippen LogP contribution in [-0.4, -0.2) is 18.4 Å². The van der Waals surface area contributed by atoms with Gasteiger partial charge in [0, 0.05) is 6.54 Å². The standard InChI is InChI=1S/C18H16F4N2O2/c19-13-7-5-12(6-8-13)9-10-23-16(25)11-17(26)24-15-4-2-1-3-14(15)18(20,21)22/h1-8H,9-11H2,(H,23,25)(H,24,26). The molecule has 0 bridgehead atoms. The Morgan fingerprint density at radius 2 is 1.58 bits per heavy atom. The summed E-state index contributed by atoms with van der Waals surface area (Å²) in [5.41, 5.74) is -0.579. The number of anilines is 1. The van der Waals surface area contributed by atoms with Gasteiger partial charge >= 0.3 is 6.18 Å². The molecule has 0 heterocycles. The molecule has 138 valence electrons. The largest absolute Gasteiger partial charge is 0.418 e. The lowest BCUT2D eigenvalue weighted by atomic mass is 10.1. The van der Waals surface area contributed by atoms with E-state index in [0.29, 0.717) is 6.42 Å². The first kappa shape index (κ1) is 19.4. The lowest BCUT2D eigenvalue weighted by molar-refractivity contribution is -0.137. The maximum Gasteiger partial charge on any atom is 0.418 e. The van der Waals surface area contributed by atoms with Gasteiger partial charge in [0.2, 0.25) is 11.8 Å². The van der Waals surface area contributed by atoms with Gasteiger partial charge < -0.3 is 10.6 Å². The molecule has 0 aliphatic carbocycles. The number of para-hydroxylation sites is 1. The summed E-state index contributed by atoms with van der Waals surface area (Å²) in [5, 5.41) is 4.59. The van der Waals surface area contributed by atoms with Crippen LogP contribution in [0.3, 0.4) is 0 Å². The Labute approximate surface area is 147 Å². The van der Waals surface area contributed by atoms with Crippen LogP contribution in [0.25, 0.3) is 0 Å². The van der Waals surface area contributed by atoms with Crippen LogP contribution in [-0.2, 0) is 22.2 Å². The summed E-state index contributed by atoms with van der Waals surface area (Å²) in [5.74, 6) is -1.83. The molecule has 0 aliphatic heterocycles. The Morgan fingerprint density at radius 3 is 2.23 bits per heavy atom. The molecule has 0 saturated carbocycles. The number of halogens is 4. The van der Waals surface area contributed by atoms with E-state index in [9.17, 15) is 27.2 Å². The number of nitrogens with one attached hydrogen (secondary N) is 2. The molecule has 8 heteroatoms. The van der Waals surface area contributed by atoms with Crippen molar-refractivity contribution in [1.29, 1.82) is 0 Å². The summed E-state index contributed by atoms with van der Waals surface area (Å²) in [6.45, 7) is 0.219. The molecule has 26 heavy (non-hydrogen) atoms. The maximum atomic E-state index is 12.9. The first-order chi connectivity index (χ1) is 12.3. The van der Waals surface area contributed by atoms with E-state index < -0.39 is 35.7 Å². The normalized spacial score (nSPS) is 11.1. The van der Waals surface area contributed by atoms with Crippen molar-refractivity contribution in [2.24, 2.45) is 0 Å². The van der Waals surface area contributed by atoms with Gasteiger partial charge in [0.15, 0.2) is 0 Å². The number of benzene rings is 2. The van der Waals surface area contributed by atoms with Crippen molar-refractivity contribution in [3.8, 4) is 0 Å². The van der Waals surface area contributed by atoms with Crippen LogP contribution in [0, 0.1) is 5.82 Å². The summed E-state index contributed by atoms with van der Waals surface area (Å²) in [4.78, 5) is 23.5. The summed E-state index contributed by atoms with van der Waals surface area (Å²) in [6, 6.07) is 10.3. The van der Waals surface area contributed by atoms with Gasteiger partial charge in [-0.05, 0) is 36.2 Å². The van der Waals surface area contributed by atoms with E-state index in [2.05, 4.69) is 10.6 Å². The van der Waals surface area contributed by atoms with E-state index in [0.717, 1.165) is 17.7 Å². The minimum atomic E-state index is -4.61. The fraction of sp³-hybridized carbons (Fsp3) is 0.222. The molecule has 0 saturated heterocycles. The molecular weight excluding hydrogens is 352 g/mol. The number of rotatable bonds is 6. The number of hydrogen-bond donors (Lipinski definition) is 2. The average Bonchev–Trinajstić information content (AvgIpc) is 2.56. The molecular formula is C18H16F4N2O2. The summed E-state index contributed by atoms with van der Waals surface area (Å²) < 4.78 is 51.4. The molecule has 4 nitrogen and oxygen atoms in total. The predicted octanol–water partition coefficient (Wildman–Crippen LogP) is 3.53. The van der Waals surface area contributed by atoms with Gasteiger partial charge in [-0.3, -0.25) is 9.59 Å². The average molecular weight is 368 g/mol. The summed E-state index contributed by atoms with van der Waals surface area (Å²) in [7, 11) is 0. The van der Waals surface area contributed by atoms with Crippen LogP contribution < -0.4 is 10.6 Å². The molecule has 2 amide bonds. The Balaban J connectivity index is 1.82. The van der Waals surface area contributed by atoms with Crippen molar-refractivity contribution < 1.29 is 27.2 Å². The van der Waals surface area contributed by atoms with Gasteiger partial charge in [-0.25, -0.2) is 4.39 Å². The molecule has 0 aromatic heterocycles. The van der Waals surface area contributed by atoms with Gasteiger partial charge in [0.25, 0.3) is 0 Å². The van der Waals surface area contributed by atoms with Crippen molar-refractivity contribution in [3.05, 3.63) is 65.5 Å². The molecule has 2 rings (SSSR count). The second-order valence-corrected chi connectivity index (χ2v) is 5.49. The van der Waals surface area contributed by atoms with Gasteiger partial charge in [0.1, 0.15) is 12.2 Å². The summed E-state index contributed by atoms with van der Waals surface area (Å²) >= 11 is 0. The predicted molar refractivity (Wildman–Crippen MR) is 87.8 cm³/mol. The lowest BCUT2D eigenvalue weighted by Gasteiger charge is -2.13. The van der Waals surface area contributed by atoms with Crippen LogP contribution >= 0.6 is 0 Å². The Morgan fingerprint density at radius 1 is 0.923 bits per heavy atom. The fourth-order valence-corrected chi connectivity index (χ4v) is 2.24. The molecule has 0 unspecified atom stereocenters. The fourth-order valence-electron chi connectivity index (χ4n) is 2.24. The highest BCUT2D eigenvalue weighted by Gasteiger charge is 2.33. The molecule has 0 atom stereocenters. The van der Waals surface area contributed by atoms with E-state index in [-0.39, 0.29) is 12.4 Å². The van der Waals surface area contributed by atoms with Crippen LogP contribution in [0.2, 0.25) is 0 Å². The third kappa shape index (κ3) is 5.87. The third-order valence-electron chi connectivity index (χ3n) is 3.48. The van der Waals surface area contributed by atoms with E-state index in [1.54, 1.807) is 12.1 Å². The number of carbonyl (C=O) groups is 2. The maximum absolute atomic E-state index is 12.9. The zero-order valence-electron chi connectivity index (χ0n) is 13.6. The van der Waals surface area contributed by atoms with E-state index in [1.807, 2.05) is 0 Å². The number of alkyl halides is 3. The number of hydrogen-bond acceptors (Lipinski definition) is 2. The van der Waals surface area contributed by atoms with Gasteiger partial charge in [-0.1, -0.05) is 24.3 Å². The number of carbonyl (C=O) groups excluding carboxylic acids is 2. The second kappa shape index (κ2) is 8.46. The van der Waals surface area contributed by atoms with Crippen molar-refractivity contribution in [2.45, 2.75) is 19.0 Å². The van der Waals surface area contributed by atoms with Crippen molar-refractivity contribution in [1.82, 2.24) is 5.32 Å². The third-order valence-corrected chi connectivity index (χ3v) is 3.48. The molecule has 2 aromatic carbocycles. The first-order valence-electron chi connectivity index (χ1n) is 7.73. The van der Waals surface area contributed by atoms with Crippen LogP contribution in [0.15, 0.2) is 48.5 Å². The lowest BCUT2D eigenvalue weighted by Crippen LogP contribution is -2.30. The minimum absolute atomic E-state index is 0.219. The van der Waals surface area contributed by atoms with Gasteiger partial charge in [0.05, 0.1) is 11.3 Å². The second-order valence-electron chi connectivity index (χ2n) is 5.49. The SMILES string of the molecule is O=C(CC(=O)Nc1ccccc1C(F)(F)F)NCCc1ccc(F)cc1. The van der Waals surface area contributed by atoms with Crippen molar-refractivity contribution in [2.75, 3.05) is 11.9 Å². The minimum Gasteiger partial charge on any atom is -0.355 e. The molecule has 0 aliphatic rings. The number of amides is 2. The van der Waals surface area contributed by atoms with Gasteiger partial charge in [-0.2, -0.15) is 13.2 Å². The highest BCUT2D eigenvalue weighted by molar-refractivity contribution is 6.03.